The van der Waals surface area contributed by atoms with Crippen LogP contribution in [0.2, 0.25) is 0 Å². The highest BCUT2D eigenvalue weighted by atomic mass is 127. The second kappa shape index (κ2) is 8.03. The van der Waals surface area contributed by atoms with Crippen molar-refractivity contribution in [2.75, 3.05) is 6.61 Å². The molecular weight excluding hydrogens is 315 g/mol. The van der Waals surface area contributed by atoms with E-state index < -0.39 is 0 Å². The Hall–Kier alpha value is -0.130. The number of aliphatic hydroxyl groups is 1. The van der Waals surface area contributed by atoms with Crippen molar-refractivity contribution < 1.29 is 9.84 Å². The van der Waals surface area contributed by atoms with Crippen LogP contribution in [0.3, 0.4) is 0 Å². The molecule has 0 spiro atoms. The third kappa shape index (κ3) is 5.27. The first-order valence-electron chi connectivity index (χ1n) is 5.67. The summed E-state index contributed by atoms with van der Waals surface area (Å²) < 4.78 is 5.78. The zero-order valence-corrected chi connectivity index (χ0v) is 11.8. The summed E-state index contributed by atoms with van der Waals surface area (Å²) in [5.41, 5.74) is 1.15. The number of hydrogen-bond donors (Lipinski definition) is 1. The molecule has 0 radical (unpaired) electrons. The minimum absolute atomic E-state index is 0.290. The van der Waals surface area contributed by atoms with E-state index in [0.717, 1.165) is 18.4 Å². The molecule has 0 aromatic heterocycles. The fraction of sp³-hybridized carbons (Fsp3) is 0.538. The molecule has 2 nitrogen and oxygen atoms in total. The van der Waals surface area contributed by atoms with Crippen molar-refractivity contribution in [1.82, 2.24) is 0 Å². The van der Waals surface area contributed by atoms with Crippen LogP contribution in [0.5, 0.6) is 0 Å². The standard InChI is InChI=1S/C13H19IO2/c1-2-6-12(14)13(15)10-16-9-11-7-4-3-5-8-11/h3-5,7-8,12-13,15H,2,6,9-10H2,1H3/t12-,13-/m1/s1. The van der Waals surface area contributed by atoms with Gasteiger partial charge in [0.1, 0.15) is 0 Å². The summed E-state index contributed by atoms with van der Waals surface area (Å²) >= 11 is 2.29. The second-order valence-corrected chi connectivity index (χ2v) is 5.47. The number of alkyl halides is 1. The Morgan fingerprint density at radius 2 is 2.00 bits per heavy atom. The van der Waals surface area contributed by atoms with Crippen LogP contribution in [-0.4, -0.2) is 21.7 Å². The quantitative estimate of drug-likeness (QED) is 0.613. The maximum atomic E-state index is 9.79. The number of hydrogen-bond acceptors (Lipinski definition) is 2. The number of aliphatic hydroxyl groups excluding tert-OH is 1. The van der Waals surface area contributed by atoms with E-state index in [0.29, 0.717) is 17.1 Å². The molecule has 90 valence electrons. The van der Waals surface area contributed by atoms with E-state index in [1.54, 1.807) is 0 Å². The van der Waals surface area contributed by atoms with Gasteiger partial charge in [0.2, 0.25) is 0 Å². The summed E-state index contributed by atoms with van der Waals surface area (Å²) in [6.07, 6.45) is 1.78. The second-order valence-electron chi connectivity index (χ2n) is 3.87. The van der Waals surface area contributed by atoms with Gasteiger partial charge < -0.3 is 9.84 Å². The van der Waals surface area contributed by atoms with Gasteiger partial charge in [0, 0.05) is 3.92 Å². The smallest absolute Gasteiger partial charge is 0.0891 e. The molecule has 0 heterocycles. The van der Waals surface area contributed by atoms with Crippen molar-refractivity contribution in [1.29, 1.82) is 0 Å². The van der Waals surface area contributed by atoms with Crippen molar-refractivity contribution in [2.45, 2.75) is 36.4 Å². The van der Waals surface area contributed by atoms with E-state index in [9.17, 15) is 5.11 Å². The van der Waals surface area contributed by atoms with E-state index in [4.69, 9.17) is 4.74 Å². The molecule has 0 bridgehead atoms. The lowest BCUT2D eigenvalue weighted by molar-refractivity contribution is 0.0288. The Balaban J connectivity index is 2.20. The first kappa shape index (κ1) is 13.9. The molecule has 0 aliphatic carbocycles. The largest absolute Gasteiger partial charge is 0.390 e. The van der Waals surface area contributed by atoms with Crippen molar-refractivity contribution in [3.63, 3.8) is 0 Å². The number of rotatable bonds is 7. The van der Waals surface area contributed by atoms with Crippen LogP contribution >= 0.6 is 22.6 Å². The minimum Gasteiger partial charge on any atom is -0.390 e. The van der Waals surface area contributed by atoms with Crippen LogP contribution in [0, 0.1) is 0 Å². The first-order valence-corrected chi connectivity index (χ1v) is 6.92. The molecule has 16 heavy (non-hydrogen) atoms. The summed E-state index contributed by atoms with van der Waals surface area (Å²) in [4.78, 5) is 0. The maximum absolute atomic E-state index is 9.79. The third-order valence-corrected chi connectivity index (χ3v) is 3.84. The Labute approximate surface area is 111 Å². The van der Waals surface area contributed by atoms with Crippen LogP contribution < -0.4 is 0 Å². The van der Waals surface area contributed by atoms with Gasteiger partial charge in [-0.05, 0) is 12.0 Å². The number of ether oxygens (including phenoxy) is 1. The van der Waals surface area contributed by atoms with Gasteiger partial charge in [-0.3, -0.25) is 0 Å². The van der Waals surface area contributed by atoms with Gasteiger partial charge in [0.05, 0.1) is 19.3 Å². The fourth-order valence-corrected chi connectivity index (χ4v) is 2.27. The van der Waals surface area contributed by atoms with Crippen LogP contribution in [0.25, 0.3) is 0 Å². The van der Waals surface area contributed by atoms with Gasteiger partial charge in [-0.15, -0.1) is 0 Å². The average molecular weight is 334 g/mol. The molecule has 1 aromatic rings. The lowest BCUT2D eigenvalue weighted by Crippen LogP contribution is -2.25. The molecule has 0 amide bonds. The summed E-state index contributed by atoms with van der Waals surface area (Å²) in [7, 11) is 0. The highest BCUT2D eigenvalue weighted by Gasteiger charge is 2.14. The first-order chi connectivity index (χ1) is 7.74. The van der Waals surface area contributed by atoms with E-state index in [1.807, 2.05) is 30.3 Å². The van der Waals surface area contributed by atoms with Gasteiger partial charge in [-0.2, -0.15) is 0 Å². The highest BCUT2D eigenvalue weighted by molar-refractivity contribution is 14.1. The molecule has 0 fully saturated rings. The topological polar surface area (TPSA) is 29.5 Å². The SMILES string of the molecule is CCC[C@@H](I)[C@H](O)COCc1ccccc1. The van der Waals surface area contributed by atoms with Crippen molar-refractivity contribution >= 4 is 22.6 Å². The normalized spacial score (nSPS) is 14.7. The zero-order valence-electron chi connectivity index (χ0n) is 9.60. The summed E-state index contributed by atoms with van der Waals surface area (Å²) in [6, 6.07) is 10.0. The van der Waals surface area contributed by atoms with Crippen molar-refractivity contribution in [3.8, 4) is 0 Å². The van der Waals surface area contributed by atoms with Crippen molar-refractivity contribution in [3.05, 3.63) is 35.9 Å². The Morgan fingerprint density at radius 1 is 1.31 bits per heavy atom. The van der Waals surface area contributed by atoms with Gasteiger partial charge in [0.25, 0.3) is 0 Å². The predicted molar refractivity (Wildman–Crippen MR) is 74.8 cm³/mol. The number of halogens is 1. The summed E-state index contributed by atoms with van der Waals surface area (Å²) in [5, 5.41) is 9.79. The molecule has 1 rings (SSSR count). The Morgan fingerprint density at radius 3 is 2.62 bits per heavy atom. The molecule has 0 saturated heterocycles. The van der Waals surface area contributed by atoms with E-state index in [-0.39, 0.29) is 6.10 Å². The van der Waals surface area contributed by atoms with Gasteiger partial charge in [-0.25, -0.2) is 0 Å². The molecule has 0 saturated carbocycles. The van der Waals surface area contributed by atoms with Crippen molar-refractivity contribution in [2.24, 2.45) is 0 Å². The highest BCUT2D eigenvalue weighted by Crippen LogP contribution is 2.14. The third-order valence-electron chi connectivity index (χ3n) is 2.38. The van der Waals surface area contributed by atoms with E-state index in [2.05, 4.69) is 29.5 Å². The predicted octanol–water partition coefficient (Wildman–Crippen LogP) is 3.17. The Bertz CT molecular complexity index is 277. The lowest BCUT2D eigenvalue weighted by Gasteiger charge is -2.16. The monoisotopic (exact) mass is 334 g/mol. The molecule has 0 aliphatic heterocycles. The molecule has 1 N–H and O–H groups in total. The molecule has 0 unspecified atom stereocenters. The lowest BCUT2D eigenvalue weighted by atomic mass is 10.2. The van der Waals surface area contributed by atoms with Gasteiger partial charge >= 0.3 is 0 Å². The maximum Gasteiger partial charge on any atom is 0.0891 e. The Kier molecular flexibility index (Phi) is 7.00. The van der Waals surface area contributed by atoms with E-state index >= 15 is 0 Å². The van der Waals surface area contributed by atoms with Crippen LogP contribution in [0.1, 0.15) is 25.3 Å². The summed E-state index contributed by atoms with van der Waals surface area (Å²) in [6.45, 7) is 3.12. The van der Waals surface area contributed by atoms with Gasteiger partial charge in [-0.1, -0.05) is 66.3 Å². The molecular formula is C13H19IO2. The van der Waals surface area contributed by atoms with Crippen LogP contribution in [0.15, 0.2) is 30.3 Å². The van der Waals surface area contributed by atoms with Gasteiger partial charge in [0.15, 0.2) is 0 Å². The molecule has 2 atom stereocenters. The fourth-order valence-electron chi connectivity index (χ4n) is 1.44. The minimum atomic E-state index is -0.357. The molecule has 3 heteroatoms. The molecule has 0 aliphatic rings. The molecule has 1 aromatic carbocycles. The van der Waals surface area contributed by atoms with Crippen LogP contribution in [0.4, 0.5) is 0 Å². The zero-order chi connectivity index (χ0) is 11.8. The van der Waals surface area contributed by atoms with Crippen LogP contribution in [-0.2, 0) is 11.3 Å². The number of benzene rings is 1. The summed E-state index contributed by atoms with van der Waals surface area (Å²) in [5.74, 6) is 0. The van der Waals surface area contributed by atoms with E-state index in [1.165, 1.54) is 0 Å². The average Bonchev–Trinajstić information content (AvgIpc) is 2.30.